The lowest BCUT2D eigenvalue weighted by molar-refractivity contribution is 0.0793. The van der Waals surface area contributed by atoms with E-state index in [-0.39, 0.29) is 28.7 Å². The van der Waals surface area contributed by atoms with Crippen molar-refractivity contribution in [1.82, 2.24) is 10.2 Å². The molecule has 1 N–H and O–H groups in total. The summed E-state index contributed by atoms with van der Waals surface area (Å²) in [5.74, 6) is 1.85. The van der Waals surface area contributed by atoms with Crippen molar-refractivity contribution in [2.75, 3.05) is 46.7 Å². The van der Waals surface area contributed by atoms with Crippen LogP contribution in [0.4, 0.5) is 0 Å². The van der Waals surface area contributed by atoms with E-state index in [1.165, 1.54) is 0 Å². The highest BCUT2D eigenvalue weighted by molar-refractivity contribution is 14.0. The number of hydrogen-bond acceptors (Lipinski definition) is 4. The number of nitrogens with zero attached hydrogens (tertiary/aromatic N) is 2. The molecule has 2 rings (SSSR count). The topological polar surface area (TPSA) is 46.1 Å². The fourth-order valence-corrected chi connectivity index (χ4v) is 3.79. The van der Waals surface area contributed by atoms with E-state index in [1.54, 1.807) is 7.11 Å². The minimum Gasteiger partial charge on any atom is -0.496 e. The van der Waals surface area contributed by atoms with Crippen LogP contribution in [0.25, 0.3) is 0 Å². The molecule has 0 radical (unpaired) electrons. The summed E-state index contributed by atoms with van der Waals surface area (Å²) in [5.41, 5.74) is 1.16. The maximum Gasteiger partial charge on any atom is 0.194 e. The average molecular weight is 493 g/mol. The van der Waals surface area contributed by atoms with Crippen LogP contribution in [-0.2, 0) is 11.3 Å². The van der Waals surface area contributed by atoms with Crippen LogP contribution in [0.15, 0.2) is 29.3 Å². The number of benzene rings is 1. The van der Waals surface area contributed by atoms with Gasteiger partial charge in [0.2, 0.25) is 0 Å². The van der Waals surface area contributed by atoms with Crippen molar-refractivity contribution in [2.45, 2.75) is 31.1 Å². The van der Waals surface area contributed by atoms with Crippen molar-refractivity contribution < 1.29 is 9.47 Å². The van der Waals surface area contributed by atoms with Gasteiger partial charge in [-0.3, -0.25) is 4.99 Å². The summed E-state index contributed by atoms with van der Waals surface area (Å²) in [6.45, 7) is 6.20. The Morgan fingerprint density at radius 3 is 2.65 bits per heavy atom. The zero-order chi connectivity index (χ0) is 18.1. The first-order valence-corrected chi connectivity index (χ1v) is 10.1. The van der Waals surface area contributed by atoms with Crippen LogP contribution < -0.4 is 10.1 Å². The summed E-state index contributed by atoms with van der Waals surface area (Å²) in [6.07, 6.45) is 4.31. The number of halogens is 1. The van der Waals surface area contributed by atoms with Crippen molar-refractivity contribution in [3.63, 3.8) is 0 Å². The van der Waals surface area contributed by atoms with Crippen molar-refractivity contribution in [2.24, 2.45) is 4.99 Å². The normalized spacial score (nSPS) is 16.5. The number of methoxy groups -OCH3 is 1. The Bertz CT molecular complexity index is 565. The first kappa shape index (κ1) is 23.4. The summed E-state index contributed by atoms with van der Waals surface area (Å²) in [7, 11) is 3.79. The zero-order valence-electron chi connectivity index (χ0n) is 16.3. The van der Waals surface area contributed by atoms with Gasteiger partial charge in [0.15, 0.2) is 5.96 Å². The van der Waals surface area contributed by atoms with Crippen LogP contribution in [0.3, 0.4) is 0 Å². The lowest BCUT2D eigenvalue weighted by Gasteiger charge is -2.34. The van der Waals surface area contributed by atoms with Gasteiger partial charge in [0, 0.05) is 43.7 Å². The third kappa shape index (κ3) is 6.49. The summed E-state index contributed by atoms with van der Waals surface area (Å²) in [5, 5.41) is 3.42. The molecule has 1 aromatic carbocycles. The molecule has 148 valence electrons. The number of guanidine groups is 1. The molecule has 0 unspecified atom stereocenters. The third-order valence-corrected chi connectivity index (χ3v) is 6.05. The first-order chi connectivity index (χ1) is 12.1. The van der Waals surface area contributed by atoms with Crippen molar-refractivity contribution in [3.8, 4) is 5.75 Å². The Morgan fingerprint density at radius 2 is 2.04 bits per heavy atom. The standard InChI is InChI=1S/C19H31N3O2S.HI/c1-5-20-18(21-15-19(25-4)10-12-24-13-11-19)22(2)14-16-8-6-7-9-17(16)23-3;/h6-9H,5,10-15H2,1-4H3,(H,20,21);1H. The van der Waals surface area contributed by atoms with E-state index in [0.717, 1.165) is 63.0 Å². The van der Waals surface area contributed by atoms with Crippen molar-refractivity contribution in [1.29, 1.82) is 0 Å². The number of thioether (sulfide) groups is 1. The van der Waals surface area contributed by atoms with Gasteiger partial charge in [-0.1, -0.05) is 18.2 Å². The van der Waals surface area contributed by atoms with Crippen LogP contribution in [0.5, 0.6) is 5.75 Å². The zero-order valence-corrected chi connectivity index (χ0v) is 19.4. The molecule has 0 amide bonds. The number of para-hydroxylation sites is 1. The Kier molecular flexibility index (Phi) is 10.7. The summed E-state index contributed by atoms with van der Waals surface area (Å²) >= 11 is 1.92. The molecule has 1 aliphatic rings. The highest BCUT2D eigenvalue weighted by atomic mass is 127. The predicted molar refractivity (Wildman–Crippen MR) is 122 cm³/mol. The molecule has 1 fully saturated rings. The van der Waals surface area contributed by atoms with Gasteiger partial charge in [0.25, 0.3) is 0 Å². The number of nitrogens with one attached hydrogen (secondary N) is 1. The summed E-state index contributed by atoms with van der Waals surface area (Å²) < 4.78 is 11.2. The molecule has 0 spiro atoms. The monoisotopic (exact) mass is 493 g/mol. The quantitative estimate of drug-likeness (QED) is 0.357. The molecular formula is C19H32IN3O2S. The maximum absolute atomic E-state index is 5.53. The van der Waals surface area contributed by atoms with Gasteiger partial charge in [0.05, 0.1) is 13.7 Å². The molecule has 26 heavy (non-hydrogen) atoms. The molecule has 1 heterocycles. The SMILES string of the molecule is CCNC(=NCC1(SC)CCOCC1)N(C)Cc1ccccc1OC.I. The third-order valence-electron chi connectivity index (χ3n) is 4.65. The van der Waals surface area contributed by atoms with Crippen LogP contribution in [0.1, 0.15) is 25.3 Å². The van der Waals surface area contributed by atoms with Crippen LogP contribution >= 0.6 is 35.7 Å². The van der Waals surface area contributed by atoms with E-state index in [0.29, 0.717) is 0 Å². The van der Waals surface area contributed by atoms with Crippen LogP contribution in [0, 0.1) is 0 Å². The molecule has 5 nitrogen and oxygen atoms in total. The first-order valence-electron chi connectivity index (χ1n) is 8.88. The summed E-state index contributed by atoms with van der Waals surface area (Å²) in [4.78, 5) is 7.11. The van der Waals surface area contributed by atoms with Gasteiger partial charge in [-0.15, -0.1) is 24.0 Å². The van der Waals surface area contributed by atoms with E-state index < -0.39 is 0 Å². The average Bonchev–Trinajstić information content (AvgIpc) is 2.66. The highest BCUT2D eigenvalue weighted by Gasteiger charge is 2.31. The van der Waals surface area contributed by atoms with E-state index in [2.05, 4.69) is 36.5 Å². The Morgan fingerprint density at radius 1 is 1.35 bits per heavy atom. The molecule has 0 bridgehead atoms. The Hall–Kier alpha value is -0.670. The van der Waals surface area contributed by atoms with Crippen LogP contribution in [0.2, 0.25) is 0 Å². The van der Waals surface area contributed by atoms with E-state index in [1.807, 2.05) is 30.0 Å². The van der Waals surface area contributed by atoms with Gasteiger partial charge in [0.1, 0.15) is 5.75 Å². The smallest absolute Gasteiger partial charge is 0.194 e. The molecule has 1 aliphatic heterocycles. The van der Waals surface area contributed by atoms with E-state index in [4.69, 9.17) is 14.5 Å². The van der Waals surface area contributed by atoms with Gasteiger partial charge in [-0.2, -0.15) is 11.8 Å². The Labute approximate surface area is 179 Å². The predicted octanol–water partition coefficient (Wildman–Crippen LogP) is 3.62. The minimum absolute atomic E-state index is 0. The maximum atomic E-state index is 5.53. The van der Waals surface area contributed by atoms with Gasteiger partial charge in [-0.05, 0) is 32.1 Å². The van der Waals surface area contributed by atoms with Crippen molar-refractivity contribution in [3.05, 3.63) is 29.8 Å². The molecule has 7 heteroatoms. The number of ether oxygens (including phenoxy) is 2. The molecule has 0 atom stereocenters. The number of hydrogen-bond donors (Lipinski definition) is 1. The van der Waals surface area contributed by atoms with Gasteiger partial charge < -0.3 is 19.7 Å². The number of aliphatic imine (C=N–C) groups is 1. The van der Waals surface area contributed by atoms with E-state index in [9.17, 15) is 0 Å². The molecule has 0 aliphatic carbocycles. The van der Waals surface area contributed by atoms with Crippen LogP contribution in [-0.4, -0.2) is 62.3 Å². The fourth-order valence-electron chi connectivity index (χ4n) is 3.02. The molecular weight excluding hydrogens is 461 g/mol. The number of rotatable bonds is 7. The van der Waals surface area contributed by atoms with Gasteiger partial charge >= 0.3 is 0 Å². The molecule has 0 aromatic heterocycles. The second-order valence-corrected chi connectivity index (χ2v) is 7.61. The molecule has 1 saturated heterocycles. The summed E-state index contributed by atoms with van der Waals surface area (Å²) in [6, 6.07) is 8.13. The Balaban J connectivity index is 0.00000338. The largest absolute Gasteiger partial charge is 0.496 e. The van der Waals surface area contributed by atoms with E-state index >= 15 is 0 Å². The lowest BCUT2D eigenvalue weighted by atomic mass is 9.99. The van der Waals surface area contributed by atoms with Crippen molar-refractivity contribution >= 4 is 41.7 Å². The molecule has 1 aromatic rings. The minimum atomic E-state index is 0. The second kappa shape index (κ2) is 11.9. The second-order valence-electron chi connectivity index (χ2n) is 6.34. The molecule has 0 saturated carbocycles. The fraction of sp³-hybridized carbons (Fsp3) is 0.632. The lowest BCUT2D eigenvalue weighted by Crippen LogP contribution is -2.41. The highest BCUT2D eigenvalue weighted by Crippen LogP contribution is 2.34. The van der Waals surface area contributed by atoms with Gasteiger partial charge in [-0.25, -0.2) is 0 Å².